The molecule has 0 radical (unpaired) electrons. The first-order valence-corrected chi connectivity index (χ1v) is 12.2. The zero-order valence-electron chi connectivity index (χ0n) is 20.6. The summed E-state index contributed by atoms with van der Waals surface area (Å²) in [6, 6.07) is 24.5. The van der Waals surface area contributed by atoms with Crippen LogP contribution in [0.25, 0.3) is 16.6 Å². The van der Waals surface area contributed by atoms with E-state index >= 15 is 0 Å². The number of aromatic nitrogens is 2. The summed E-state index contributed by atoms with van der Waals surface area (Å²) in [5.41, 5.74) is 1.21. The van der Waals surface area contributed by atoms with E-state index < -0.39 is 17.1 Å². The smallest absolute Gasteiger partial charge is 0.336 e. The normalized spacial score (nSPS) is 12.0. The summed E-state index contributed by atoms with van der Waals surface area (Å²) in [5.74, 6) is 0.442. The van der Waals surface area contributed by atoms with Gasteiger partial charge < -0.3 is 14.8 Å². The van der Waals surface area contributed by atoms with Gasteiger partial charge in [-0.05, 0) is 65.7 Å². The number of fused-ring (bicyclic) bond motifs is 2. The van der Waals surface area contributed by atoms with Crippen LogP contribution in [0, 0.1) is 5.82 Å². The van der Waals surface area contributed by atoms with Crippen LogP contribution in [0.4, 0.5) is 4.39 Å². The van der Waals surface area contributed by atoms with Crippen LogP contribution in [-0.2, 0) is 13.1 Å². The SMILES string of the molecule is O=C(NCc1ccc2c(c1)OCO2)c1ccc2c(=O)n(-c3ccccc3)c(=O)n(Cc3cccc(F)c3)c2c1. The number of nitrogens with one attached hydrogen (secondary N) is 1. The molecule has 9 heteroatoms. The second-order valence-electron chi connectivity index (χ2n) is 9.08. The molecule has 0 bridgehead atoms. The first-order valence-electron chi connectivity index (χ1n) is 12.2. The van der Waals surface area contributed by atoms with Crippen molar-refractivity contribution in [3.63, 3.8) is 0 Å². The van der Waals surface area contributed by atoms with Crippen LogP contribution >= 0.6 is 0 Å². The number of hydrogen-bond acceptors (Lipinski definition) is 5. The Kier molecular flexibility index (Phi) is 6.16. The molecule has 39 heavy (non-hydrogen) atoms. The van der Waals surface area contributed by atoms with Crippen LogP contribution in [0.15, 0.2) is 101 Å². The number of ether oxygens (including phenoxy) is 2. The van der Waals surface area contributed by atoms with Crippen LogP contribution < -0.4 is 26.0 Å². The number of rotatable bonds is 6. The van der Waals surface area contributed by atoms with Crippen LogP contribution in [0.1, 0.15) is 21.5 Å². The number of carbonyl (C=O) groups is 1. The Hall–Kier alpha value is -5.18. The second kappa shape index (κ2) is 9.94. The lowest BCUT2D eigenvalue weighted by atomic mass is 10.1. The first-order chi connectivity index (χ1) is 19.0. The summed E-state index contributed by atoms with van der Waals surface area (Å²) in [6.45, 7) is 0.396. The van der Waals surface area contributed by atoms with Gasteiger partial charge in [-0.1, -0.05) is 36.4 Å². The van der Waals surface area contributed by atoms with Gasteiger partial charge in [-0.25, -0.2) is 13.8 Å². The summed E-state index contributed by atoms with van der Waals surface area (Å²) in [5, 5.41) is 3.11. The summed E-state index contributed by atoms with van der Waals surface area (Å²) >= 11 is 0. The Morgan fingerprint density at radius 2 is 1.67 bits per heavy atom. The molecule has 1 amide bonds. The molecule has 1 N–H and O–H groups in total. The predicted octanol–water partition coefficient (Wildman–Crippen LogP) is 4.00. The molecule has 0 spiro atoms. The second-order valence-corrected chi connectivity index (χ2v) is 9.08. The third-order valence-electron chi connectivity index (χ3n) is 6.54. The lowest BCUT2D eigenvalue weighted by molar-refractivity contribution is 0.0951. The first kappa shape index (κ1) is 24.2. The molecule has 0 aliphatic carbocycles. The molecule has 0 saturated carbocycles. The molecule has 1 aliphatic rings. The van der Waals surface area contributed by atoms with Crippen molar-refractivity contribution in [2.75, 3.05) is 6.79 Å². The van der Waals surface area contributed by atoms with Crippen LogP contribution in [0.5, 0.6) is 11.5 Å². The molecule has 5 aromatic rings. The van der Waals surface area contributed by atoms with Crippen molar-refractivity contribution in [1.82, 2.24) is 14.5 Å². The van der Waals surface area contributed by atoms with E-state index in [-0.39, 0.29) is 42.3 Å². The summed E-state index contributed by atoms with van der Waals surface area (Å²) in [6.07, 6.45) is 0. The molecule has 0 unspecified atom stereocenters. The fourth-order valence-corrected chi connectivity index (χ4v) is 4.62. The highest BCUT2D eigenvalue weighted by Gasteiger charge is 2.18. The van der Waals surface area contributed by atoms with Gasteiger partial charge in [0.25, 0.3) is 11.5 Å². The average Bonchev–Trinajstić information content (AvgIpc) is 3.42. The van der Waals surface area contributed by atoms with E-state index in [0.29, 0.717) is 22.7 Å². The topological polar surface area (TPSA) is 91.6 Å². The highest BCUT2D eigenvalue weighted by Crippen LogP contribution is 2.32. The molecule has 1 aliphatic heterocycles. The monoisotopic (exact) mass is 523 g/mol. The van der Waals surface area contributed by atoms with Gasteiger partial charge in [0, 0.05) is 12.1 Å². The third-order valence-corrected chi connectivity index (χ3v) is 6.54. The van der Waals surface area contributed by atoms with Gasteiger partial charge in [0.2, 0.25) is 6.79 Å². The van der Waals surface area contributed by atoms with E-state index in [1.807, 2.05) is 6.07 Å². The lowest BCUT2D eigenvalue weighted by Crippen LogP contribution is -2.39. The van der Waals surface area contributed by atoms with E-state index in [2.05, 4.69) is 5.32 Å². The molecule has 0 saturated heterocycles. The van der Waals surface area contributed by atoms with Crippen LogP contribution in [-0.4, -0.2) is 21.8 Å². The maximum absolute atomic E-state index is 14.0. The summed E-state index contributed by atoms with van der Waals surface area (Å²) < 4.78 is 27.1. The quantitative estimate of drug-likeness (QED) is 0.363. The van der Waals surface area contributed by atoms with Gasteiger partial charge in [0.1, 0.15) is 5.82 Å². The van der Waals surface area contributed by atoms with Crippen molar-refractivity contribution < 1.29 is 18.7 Å². The number of nitrogens with zero attached hydrogens (tertiary/aromatic N) is 2. The van der Waals surface area contributed by atoms with Crippen molar-refractivity contribution >= 4 is 16.8 Å². The van der Waals surface area contributed by atoms with Crippen LogP contribution in [0.3, 0.4) is 0 Å². The number of benzene rings is 4. The predicted molar refractivity (Wildman–Crippen MR) is 143 cm³/mol. The zero-order chi connectivity index (χ0) is 26.9. The Morgan fingerprint density at radius 3 is 2.49 bits per heavy atom. The van der Waals surface area contributed by atoms with Crippen molar-refractivity contribution in [3.8, 4) is 17.2 Å². The lowest BCUT2D eigenvalue weighted by Gasteiger charge is -2.15. The minimum absolute atomic E-state index is 0.00246. The number of halogens is 1. The van der Waals surface area contributed by atoms with Gasteiger partial charge in [-0.15, -0.1) is 0 Å². The van der Waals surface area contributed by atoms with Gasteiger partial charge in [0.05, 0.1) is 23.1 Å². The maximum atomic E-state index is 14.0. The van der Waals surface area contributed by atoms with E-state index in [1.54, 1.807) is 60.7 Å². The van der Waals surface area contributed by atoms with Crippen LogP contribution in [0.2, 0.25) is 0 Å². The molecular weight excluding hydrogens is 501 g/mol. The molecule has 4 aromatic carbocycles. The van der Waals surface area contributed by atoms with Crippen molar-refractivity contribution in [2.45, 2.75) is 13.1 Å². The third kappa shape index (κ3) is 4.66. The minimum Gasteiger partial charge on any atom is -0.454 e. The largest absolute Gasteiger partial charge is 0.454 e. The molecule has 6 rings (SSSR count). The van der Waals surface area contributed by atoms with Crippen molar-refractivity contribution in [1.29, 1.82) is 0 Å². The average molecular weight is 524 g/mol. The molecule has 2 heterocycles. The molecule has 8 nitrogen and oxygen atoms in total. The molecule has 0 fully saturated rings. The summed E-state index contributed by atoms with van der Waals surface area (Å²) in [4.78, 5) is 40.2. The Morgan fingerprint density at radius 1 is 0.846 bits per heavy atom. The maximum Gasteiger partial charge on any atom is 0.336 e. The van der Waals surface area contributed by atoms with E-state index in [4.69, 9.17) is 9.47 Å². The highest BCUT2D eigenvalue weighted by molar-refractivity contribution is 5.97. The fourth-order valence-electron chi connectivity index (χ4n) is 4.62. The number of carbonyl (C=O) groups excluding carboxylic acids is 1. The minimum atomic E-state index is -0.596. The zero-order valence-corrected chi connectivity index (χ0v) is 20.6. The number of hydrogen-bond donors (Lipinski definition) is 1. The molecule has 0 atom stereocenters. The molecule has 194 valence electrons. The Labute approximate surface area is 221 Å². The van der Waals surface area contributed by atoms with Crippen molar-refractivity contribution in [3.05, 3.63) is 134 Å². The standard InChI is InChI=1S/C30H22FN3O5/c31-22-6-4-5-20(13-22)17-33-25-15-21(28(35)32-16-19-9-12-26-27(14-19)39-18-38-26)10-11-24(25)29(36)34(30(33)37)23-7-2-1-3-8-23/h1-15H,16-18H2,(H,32,35). The van der Waals surface area contributed by atoms with Gasteiger partial charge in [-0.3, -0.25) is 14.2 Å². The fraction of sp³-hybridized carbons (Fsp3) is 0.100. The Balaban J connectivity index is 1.40. The number of amides is 1. The van der Waals surface area contributed by atoms with Gasteiger partial charge in [0.15, 0.2) is 11.5 Å². The Bertz CT molecular complexity index is 1850. The van der Waals surface area contributed by atoms with Crippen molar-refractivity contribution in [2.24, 2.45) is 0 Å². The molecular formula is C30H22FN3O5. The molecule has 1 aromatic heterocycles. The van der Waals surface area contributed by atoms with Gasteiger partial charge in [-0.2, -0.15) is 0 Å². The van der Waals surface area contributed by atoms with E-state index in [0.717, 1.165) is 10.1 Å². The number of para-hydroxylation sites is 1. The highest BCUT2D eigenvalue weighted by atomic mass is 19.1. The van der Waals surface area contributed by atoms with E-state index in [9.17, 15) is 18.8 Å². The van der Waals surface area contributed by atoms with Gasteiger partial charge >= 0.3 is 5.69 Å². The van der Waals surface area contributed by atoms with E-state index in [1.165, 1.54) is 28.8 Å². The summed E-state index contributed by atoms with van der Waals surface area (Å²) in [7, 11) is 0.